The zero-order chi connectivity index (χ0) is 22.0. The number of rotatable bonds is 6. The molecule has 1 aliphatic rings. The third kappa shape index (κ3) is 4.50. The monoisotopic (exact) mass is 440 g/mol. The lowest BCUT2D eigenvalue weighted by Crippen LogP contribution is -2.39. The van der Waals surface area contributed by atoms with Crippen LogP contribution in [0.5, 0.6) is 5.75 Å². The van der Waals surface area contributed by atoms with Crippen LogP contribution in [0.15, 0.2) is 53.6 Å². The highest BCUT2D eigenvalue weighted by atomic mass is 32.2. The number of piperidine rings is 1. The molecule has 8 heteroatoms. The average molecular weight is 441 g/mol. The van der Waals surface area contributed by atoms with Crippen LogP contribution < -0.4 is 4.74 Å². The molecule has 164 valence electrons. The highest BCUT2D eigenvalue weighted by Gasteiger charge is 2.33. The van der Waals surface area contributed by atoms with Crippen molar-refractivity contribution >= 4 is 10.0 Å². The van der Waals surface area contributed by atoms with E-state index >= 15 is 0 Å². The van der Waals surface area contributed by atoms with E-state index in [4.69, 9.17) is 9.72 Å². The molecule has 0 N–H and O–H groups in total. The Labute approximate surface area is 183 Å². The molecule has 0 bridgehead atoms. The van der Waals surface area contributed by atoms with Crippen LogP contribution in [0.2, 0.25) is 0 Å². The second-order valence-electron chi connectivity index (χ2n) is 8.00. The molecule has 0 spiro atoms. The van der Waals surface area contributed by atoms with Gasteiger partial charge < -0.3 is 4.74 Å². The van der Waals surface area contributed by atoms with Gasteiger partial charge in [0.1, 0.15) is 10.6 Å². The van der Waals surface area contributed by atoms with Gasteiger partial charge in [0.25, 0.3) is 0 Å². The Balaban J connectivity index is 1.55. The minimum Gasteiger partial charge on any atom is -0.496 e. The molecule has 1 aliphatic heterocycles. The van der Waals surface area contributed by atoms with Crippen LogP contribution in [-0.4, -0.2) is 47.7 Å². The third-order valence-electron chi connectivity index (χ3n) is 5.78. The zero-order valence-corrected chi connectivity index (χ0v) is 19.0. The van der Waals surface area contributed by atoms with Gasteiger partial charge in [-0.25, -0.2) is 8.42 Å². The summed E-state index contributed by atoms with van der Waals surface area (Å²) in [5, 5.41) is 4.20. The van der Waals surface area contributed by atoms with E-state index in [0.29, 0.717) is 25.2 Å². The maximum absolute atomic E-state index is 13.2. The molecule has 31 heavy (non-hydrogen) atoms. The lowest BCUT2D eigenvalue weighted by molar-refractivity contribution is 0.312. The Hall–Kier alpha value is -2.71. The highest BCUT2D eigenvalue weighted by Crippen LogP contribution is 2.30. The number of pyridine rings is 1. The molecule has 3 heterocycles. The van der Waals surface area contributed by atoms with E-state index in [1.807, 2.05) is 42.5 Å². The van der Waals surface area contributed by atoms with E-state index in [9.17, 15) is 8.42 Å². The van der Waals surface area contributed by atoms with Gasteiger partial charge in [-0.1, -0.05) is 24.3 Å². The van der Waals surface area contributed by atoms with Crippen LogP contribution in [0.1, 0.15) is 41.4 Å². The van der Waals surface area contributed by atoms with E-state index < -0.39 is 10.0 Å². The summed E-state index contributed by atoms with van der Waals surface area (Å²) in [6.07, 6.45) is 3.98. The van der Waals surface area contributed by atoms with E-state index in [0.717, 1.165) is 35.5 Å². The first kappa shape index (κ1) is 21.5. The van der Waals surface area contributed by atoms with Crippen LogP contribution >= 0.6 is 0 Å². The number of aryl methyl sites for hydroxylation is 2. The van der Waals surface area contributed by atoms with Gasteiger partial charge in [0, 0.05) is 55.6 Å². The van der Waals surface area contributed by atoms with Crippen LogP contribution in [0.4, 0.5) is 0 Å². The second kappa shape index (κ2) is 8.80. The number of ether oxygens (including phenoxy) is 1. The fourth-order valence-corrected chi connectivity index (χ4v) is 5.96. The van der Waals surface area contributed by atoms with Crippen molar-refractivity contribution < 1.29 is 13.2 Å². The summed E-state index contributed by atoms with van der Waals surface area (Å²) >= 11 is 0. The van der Waals surface area contributed by atoms with Crippen molar-refractivity contribution in [2.75, 3.05) is 20.2 Å². The molecular formula is C23H28N4O3S. The predicted octanol–water partition coefficient (Wildman–Crippen LogP) is 3.29. The number of nitrogens with zero attached hydrogens (tertiary/aromatic N) is 4. The highest BCUT2D eigenvalue weighted by molar-refractivity contribution is 7.89. The standard InChI is InChI=1S/C23H28N4O3S/c1-17-23(16-26(2)25-17)31(28,29)27-13-7-9-19(15-27)21-11-6-10-20(24-21)14-18-8-4-5-12-22(18)30-3/h4-6,8,10-12,16,19H,7,9,13-15H2,1-3H3/t19-/m0/s1. The minimum atomic E-state index is -3.57. The fourth-order valence-electron chi connectivity index (χ4n) is 4.24. The third-order valence-corrected chi connectivity index (χ3v) is 7.75. The molecule has 7 nitrogen and oxygen atoms in total. The van der Waals surface area contributed by atoms with Crippen LogP contribution in [0.3, 0.4) is 0 Å². The molecule has 2 aromatic heterocycles. The average Bonchev–Trinajstić information content (AvgIpc) is 3.13. The number of benzene rings is 1. The molecule has 4 rings (SSSR count). The maximum Gasteiger partial charge on any atom is 0.246 e. The van der Waals surface area contributed by atoms with Gasteiger partial charge in [-0.15, -0.1) is 0 Å². The molecule has 0 saturated carbocycles. The van der Waals surface area contributed by atoms with Gasteiger partial charge in [0.05, 0.1) is 12.8 Å². The van der Waals surface area contributed by atoms with E-state index in [-0.39, 0.29) is 10.8 Å². The number of methoxy groups -OCH3 is 1. The second-order valence-corrected chi connectivity index (χ2v) is 9.90. The molecule has 0 unspecified atom stereocenters. The summed E-state index contributed by atoms with van der Waals surface area (Å²) in [5.74, 6) is 0.912. The normalized spacial score (nSPS) is 17.6. The Morgan fingerprint density at radius 1 is 1.16 bits per heavy atom. The summed E-state index contributed by atoms with van der Waals surface area (Å²) in [6.45, 7) is 2.69. The maximum atomic E-state index is 13.2. The Kier molecular flexibility index (Phi) is 6.11. The number of para-hydroxylation sites is 1. The molecule has 0 amide bonds. The van der Waals surface area contributed by atoms with E-state index in [2.05, 4.69) is 5.10 Å². The Morgan fingerprint density at radius 2 is 1.97 bits per heavy atom. The van der Waals surface area contributed by atoms with Crippen molar-refractivity contribution in [3.8, 4) is 5.75 Å². The largest absolute Gasteiger partial charge is 0.496 e. The first-order valence-corrected chi connectivity index (χ1v) is 11.9. The molecule has 0 aliphatic carbocycles. The van der Waals surface area contributed by atoms with Crippen LogP contribution in [0.25, 0.3) is 0 Å². The quantitative estimate of drug-likeness (QED) is 0.588. The summed E-state index contributed by atoms with van der Waals surface area (Å²) in [7, 11) is -0.166. The van der Waals surface area contributed by atoms with Crippen molar-refractivity contribution in [3.63, 3.8) is 0 Å². The molecule has 1 saturated heterocycles. The lowest BCUT2D eigenvalue weighted by atomic mass is 9.95. The smallest absolute Gasteiger partial charge is 0.246 e. The van der Waals surface area contributed by atoms with Gasteiger partial charge in [0.2, 0.25) is 10.0 Å². The Bertz CT molecular complexity index is 1170. The van der Waals surface area contributed by atoms with Gasteiger partial charge in [-0.2, -0.15) is 9.40 Å². The molecule has 3 aromatic rings. The number of hydrogen-bond donors (Lipinski definition) is 0. The number of sulfonamides is 1. The van der Waals surface area contributed by atoms with Crippen molar-refractivity contribution in [1.82, 2.24) is 19.1 Å². The van der Waals surface area contributed by atoms with Crippen molar-refractivity contribution in [2.24, 2.45) is 7.05 Å². The van der Waals surface area contributed by atoms with Crippen molar-refractivity contribution in [2.45, 2.75) is 37.0 Å². The fraction of sp³-hybridized carbons (Fsp3) is 0.391. The van der Waals surface area contributed by atoms with Gasteiger partial charge in [-0.3, -0.25) is 9.67 Å². The molecular weight excluding hydrogens is 412 g/mol. The first-order chi connectivity index (χ1) is 14.9. The molecule has 0 radical (unpaired) electrons. The SMILES string of the molecule is COc1ccccc1Cc1cccc([C@H]2CCCN(S(=O)(=O)c3cn(C)nc3C)C2)n1. The number of aromatic nitrogens is 3. The zero-order valence-electron chi connectivity index (χ0n) is 18.2. The van der Waals surface area contributed by atoms with Gasteiger partial charge in [-0.05, 0) is 38.0 Å². The Morgan fingerprint density at radius 3 is 2.71 bits per heavy atom. The van der Waals surface area contributed by atoms with Crippen LogP contribution in [-0.2, 0) is 23.5 Å². The summed E-state index contributed by atoms with van der Waals surface area (Å²) in [4.78, 5) is 5.17. The summed E-state index contributed by atoms with van der Waals surface area (Å²) in [5.41, 5.74) is 3.50. The minimum absolute atomic E-state index is 0.0677. The van der Waals surface area contributed by atoms with E-state index in [1.54, 1.807) is 36.3 Å². The van der Waals surface area contributed by atoms with Gasteiger partial charge >= 0.3 is 0 Å². The topological polar surface area (TPSA) is 77.3 Å². The van der Waals surface area contributed by atoms with Crippen molar-refractivity contribution in [3.05, 3.63) is 71.3 Å². The molecule has 1 fully saturated rings. The van der Waals surface area contributed by atoms with E-state index in [1.165, 1.54) is 0 Å². The first-order valence-electron chi connectivity index (χ1n) is 10.5. The lowest BCUT2D eigenvalue weighted by Gasteiger charge is -2.31. The number of hydrogen-bond acceptors (Lipinski definition) is 5. The van der Waals surface area contributed by atoms with Crippen molar-refractivity contribution in [1.29, 1.82) is 0 Å². The molecule has 1 aromatic carbocycles. The summed E-state index contributed by atoms with van der Waals surface area (Å²) in [6, 6.07) is 13.9. The summed E-state index contributed by atoms with van der Waals surface area (Å²) < 4.78 is 35.0. The van der Waals surface area contributed by atoms with Gasteiger partial charge in [0.15, 0.2) is 0 Å². The predicted molar refractivity (Wildman–Crippen MR) is 119 cm³/mol. The van der Waals surface area contributed by atoms with Crippen LogP contribution in [0, 0.1) is 6.92 Å². The molecule has 1 atom stereocenters.